The Labute approximate surface area is 112 Å². The Morgan fingerprint density at radius 3 is 2.60 bits per heavy atom. The van der Waals surface area contributed by atoms with Crippen molar-refractivity contribution in [3.05, 3.63) is 41.6 Å². The van der Waals surface area contributed by atoms with Crippen molar-refractivity contribution in [2.24, 2.45) is 0 Å². The van der Waals surface area contributed by atoms with Gasteiger partial charge < -0.3 is 9.84 Å². The lowest BCUT2D eigenvalue weighted by atomic mass is 9.85. The number of rotatable bonds is 2. The number of phenols is 1. The molecule has 0 saturated heterocycles. The molecule has 0 unspecified atom stereocenters. The number of nitrogens with zero attached hydrogens (tertiary/aromatic N) is 1. The van der Waals surface area contributed by atoms with Crippen LogP contribution in [0.1, 0.15) is 11.1 Å². The number of halogens is 3. The van der Waals surface area contributed by atoms with Crippen LogP contribution >= 0.6 is 0 Å². The van der Waals surface area contributed by atoms with Crippen molar-refractivity contribution in [1.29, 1.82) is 0 Å². The smallest absolute Gasteiger partial charge is 0.507 e. The number of hydrogen-bond donors (Lipinski definition) is 1. The number of alkyl halides is 3. The maximum absolute atomic E-state index is 12.2. The molecule has 1 aromatic carbocycles. The van der Waals surface area contributed by atoms with Gasteiger partial charge in [-0.25, -0.2) is 4.98 Å². The molecule has 0 radical (unpaired) electrons. The number of aromatic hydroxyl groups is 1. The summed E-state index contributed by atoms with van der Waals surface area (Å²) in [5.74, 6) is -0.421. The van der Waals surface area contributed by atoms with E-state index in [4.69, 9.17) is 0 Å². The molecule has 1 aliphatic rings. The van der Waals surface area contributed by atoms with Crippen LogP contribution in [0, 0.1) is 0 Å². The summed E-state index contributed by atoms with van der Waals surface area (Å²) in [5.41, 5.74) is 2.86. The fraction of sp³-hybridized carbons (Fsp3) is 0.214. The standard InChI is InChI=1S/C14H10F3NO2/c15-14(16,17)20-12-7-9(5-6-18-12)11-4-2-8-1-3-10(8)13(11)19/h2,4-7,19H,1,3H2. The third-order valence-corrected chi connectivity index (χ3v) is 3.29. The molecule has 3 nitrogen and oxygen atoms in total. The number of phenolic OH excluding ortho intramolecular Hbond substituents is 1. The predicted octanol–water partition coefficient (Wildman–Crippen LogP) is 3.45. The van der Waals surface area contributed by atoms with Gasteiger partial charge in [0.2, 0.25) is 5.88 Å². The quantitative estimate of drug-likeness (QED) is 0.916. The molecule has 3 rings (SSSR count). The van der Waals surface area contributed by atoms with E-state index in [0.717, 1.165) is 30.0 Å². The third kappa shape index (κ3) is 2.29. The number of pyridine rings is 1. The zero-order valence-electron chi connectivity index (χ0n) is 10.2. The van der Waals surface area contributed by atoms with Crippen LogP contribution in [0.2, 0.25) is 0 Å². The van der Waals surface area contributed by atoms with E-state index in [-0.39, 0.29) is 5.75 Å². The molecule has 0 amide bonds. The molecule has 1 heterocycles. The number of aryl methyl sites for hydroxylation is 1. The number of benzene rings is 1. The number of fused-ring (bicyclic) bond motifs is 1. The molecule has 1 aromatic heterocycles. The van der Waals surface area contributed by atoms with Crippen molar-refractivity contribution in [3.63, 3.8) is 0 Å². The Hall–Kier alpha value is -2.24. The molecular weight excluding hydrogens is 271 g/mol. The lowest BCUT2D eigenvalue weighted by Crippen LogP contribution is -2.17. The summed E-state index contributed by atoms with van der Waals surface area (Å²) in [6.45, 7) is 0. The average molecular weight is 281 g/mol. The van der Waals surface area contributed by atoms with E-state index < -0.39 is 12.2 Å². The van der Waals surface area contributed by atoms with Gasteiger partial charge in [0, 0.05) is 17.8 Å². The van der Waals surface area contributed by atoms with Crippen LogP contribution < -0.4 is 4.74 Å². The van der Waals surface area contributed by atoms with Gasteiger partial charge in [-0.3, -0.25) is 0 Å². The van der Waals surface area contributed by atoms with Gasteiger partial charge in [-0.1, -0.05) is 12.1 Å². The Bertz CT molecular complexity index is 668. The molecule has 0 saturated carbocycles. The van der Waals surface area contributed by atoms with Crippen molar-refractivity contribution >= 4 is 0 Å². The van der Waals surface area contributed by atoms with Gasteiger partial charge >= 0.3 is 6.36 Å². The van der Waals surface area contributed by atoms with E-state index in [0.29, 0.717) is 11.1 Å². The second-order valence-electron chi connectivity index (χ2n) is 4.53. The lowest BCUT2D eigenvalue weighted by molar-refractivity contribution is -0.276. The molecule has 104 valence electrons. The summed E-state index contributed by atoms with van der Waals surface area (Å²) < 4.78 is 40.3. The van der Waals surface area contributed by atoms with Gasteiger partial charge in [0.25, 0.3) is 0 Å². The maximum atomic E-state index is 12.2. The molecule has 0 aliphatic heterocycles. The van der Waals surface area contributed by atoms with Crippen LogP contribution in [0.5, 0.6) is 11.6 Å². The van der Waals surface area contributed by atoms with Gasteiger partial charge in [0.1, 0.15) is 5.75 Å². The fourth-order valence-electron chi connectivity index (χ4n) is 2.26. The topological polar surface area (TPSA) is 42.4 Å². The van der Waals surface area contributed by atoms with Gasteiger partial charge in [-0.15, -0.1) is 13.2 Å². The summed E-state index contributed by atoms with van der Waals surface area (Å²) in [4.78, 5) is 3.51. The Morgan fingerprint density at radius 1 is 1.15 bits per heavy atom. The highest BCUT2D eigenvalue weighted by atomic mass is 19.4. The molecule has 0 atom stereocenters. The zero-order valence-corrected chi connectivity index (χ0v) is 10.2. The number of ether oxygens (including phenoxy) is 1. The molecular formula is C14H10F3NO2. The van der Waals surface area contributed by atoms with Gasteiger partial charge in [-0.2, -0.15) is 0 Å². The van der Waals surface area contributed by atoms with Crippen molar-refractivity contribution in [2.45, 2.75) is 19.2 Å². The first kappa shape index (κ1) is 12.8. The maximum Gasteiger partial charge on any atom is 0.574 e. The summed E-state index contributed by atoms with van der Waals surface area (Å²) in [5, 5.41) is 10.1. The van der Waals surface area contributed by atoms with E-state index in [1.54, 1.807) is 6.07 Å². The highest BCUT2D eigenvalue weighted by Gasteiger charge is 2.32. The molecule has 2 aromatic rings. The van der Waals surface area contributed by atoms with E-state index in [1.165, 1.54) is 12.3 Å². The van der Waals surface area contributed by atoms with Crippen molar-refractivity contribution in [3.8, 4) is 22.8 Å². The average Bonchev–Trinajstić information content (AvgIpc) is 2.29. The Balaban J connectivity index is 1.99. The third-order valence-electron chi connectivity index (χ3n) is 3.29. The molecule has 1 aliphatic carbocycles. The normalized spacial score (nSPS) is 13.6. The first-order valence-corrected chi connectivity index (χ1v) is 6.00. The van der Waals surface area contributed by atoms with E-state index in [9.17, 15) is 18.3 Å². The minimum absolute atomic E-state index is 0.123. The van der Waals surface area contributed by atoms with E-state index in [1.807, 2.05) is 6.07 Å². The molecule has 1 N–H and O–H groups in total. The minimum Gasteiger partial charge on any atom is -0.507 e. The lowest BCUT2D eigenvalue weighted by Gasteiger charge is -2.22. The van der Waals surface area contributed by atoms with E-state index >= 15 is 0 Å². The largest absolute Gasteiger partial charge is 0.574 e. The van der Waals surface area contributed by atoms with Crippen molar-refractivity contribution in [1.82, 2.24) is 4.98 Å². The Kier molecular flexibility index (Phi) is 2.81. The monoisotopic (exact) mass is 281 g/mol. The van der Waals surface area contributed by atoms with Crippen LogP contribution in [0.4, 0.5) is 13.2 Å². The van der Waals surface area contributed by atoms with Crippen LogP contribution in [-0.4, -0.2) is 16.5 Å². The second-order valence-corrected chi connectivity index (χ2v) is 4.53. The summed E-state index contributed by atoms with van der Waals surface area (Å²) in [6.07, 6.45) is -1.86. The van der Waals surface area contributed by atoms with Gasteiger partial charge in [0.15, 0.2) is 0 Å². The van der Waals surface area contributed by atoms with Gasteiger partial charge in [-0.05, 0) is 35.6 Å². The summed E-state index contributed by atoms with van der Waals surface area (Å²) in [7, 11) is 0. The molecule has 0 spiro atoms. The fourth-order valence-corrected chi connectivity index (χ4v) is 2.26. The van der Waals surface area contributed by atoms with Gasteiger partial charge in [0.05, 0.1) is 0 Å². The SMILES string of the molecule is Oc1c(-c2ccnc(OC(F)(F)F)c2)ccc2c1CC2. The predicted molar refractivity (Wildman–Crippen MR) is 65.4 cm³/mol. The minimum atomic E-state index is -4.78. The van der Waals surface area contributed by atoms with Crippen molar-refractivity contribution < 1.29 is 23.0 Å². The van der Waals surface area contributed by atoms with Crippen LogP contribution in [0.3, 0.4) is 0 Å². The number of hydrogen-bond acceptors (Lipinski definition) is 3. The number of aromatic nitrogens is 1. The van der Waals surface area contributed by atoms with Crippen LogP contribution in [-0.2, 0) is 12.8 Å². The Morgan fingerprint density at radius 2 is 1.95 bits per heavy atom. The first-order chi connectivity index (χ1) is 9.44. The highest BCUT2D eigenvalue weighted by Crippen LogP contribution is 2.40. The molecule has 0 bridgehead atoms. The van der Waals surface area contributed by atoms with E-state index in [2.05, 4.69) is 9.72 Å². The highest BCUT2D eigenvalue weighted by molar-refractivity contribution is 5.74. The van der Waals surface area contributed by atoms with Crippen molar-refractivity contribution in [2.75, 3.05) is 0 Å². The van der Waals surface area contributed by atoms with Crippen LogP contribution in [0.25, 0.3) is 11.1 Å². The summed E-state index contributed by atoms with van der Waals surface area (Å²) in [6, 6.07) is 6.26. The molecule has 0 fully saturated rings. The first-order valence-electron chi connectivity index (χ1n) is 6.00. The molecule has 20 heavy (non-hydrogen) atoms. The summed E-state index contributed by atoms with van der Waals surface area (Å²) >= 11 is 0. The van der Waals surface area contributed by atoms with Crippen LogP contribution in [0.15, 0.2) is 30.5 Å². The zero-order chi connectivity index (χ0) is 14.3. The second kappa shape index (κ2) is 4.40. The molecule has 6 heteroatoms.